The SMILES string of the molecule is Cc1ccc(-c2cnc3c(N4CCCCC4)snc3c2)cc1C. The minimum Gasteiger partial charge on any atom is -0.360 e. The van der Waals surface area contributed by atoms with Gasteiger partial charge in [0, 0.05) is 24.8 Å². The minimum atomic E-state index is 1.02. The molecule has 0 N–H and O–H groups in total. The van der Waals surface area contributed by atoms with Crippen LogP contribution in [0.5, 0.6) is 0 Å². The smallest absolute Gasteiger partial charge is 0.138 e. The van der Waals surface area contributed by atoms with Gasteiger partial charge in [-0.2, -0.15) is 4.37 Å². The van der Waals surface area contributed by atoms with Crippen LogP contribution in [0.4, 0.5) is 5.00 Å². The van der Waals surface area contributed by atoms with Crippen LogP contribution in [0, 0.1) is 13.8 Å². The normalized spacial score (nSPS) is 15.3. The lowest BCUT2D eigenvalue weighted by atomic mass is 10.0. The molecule has 3 heterocycles. The molecule has 1 aromatic carbocycles. The first-order valence-corrected chi connectivity index (χ1v) is 9.08. The van der Waals surface area contributed by atoms with Crippen molar-refractivity contribution in [3.8, 4) is 11.1 Å². The summed E-state index contributed by atoms with van der Waals surface area (Å²) in [6.07, 6.45) is 5.89. The number of rotatable bonds is 2. The van der Waals surface area contributed by atoms with Crippen LogP contribution in [-0.2, 0) is 0 Å². The molecule has 23 heavy (non-hydrogen) atoms. The van der Waals surface area contributed by atoms with Crippen LogP contribution in [0.1, 0.15) is 30.4 Å². The molecule has 0 aliphatic carbocycles. The van der Waals surface area contributed by atoms with Crippen molar-refractivity contribution in [1.29, 1.82) is 0 Å². The Kier molecular flexibility index (Phi) is 3.77. The van der Waals surface area contributed by atoms with Crippen LogP contribution < -0.4 is 4.90 Å². The standard InChI is InChI=1S/C19H21N3S/c1-13-6-7-15(10-14(13)2)16-11-17-18(20-12-16)19(23-21-17)22-8-4-3-5-9-22/h6-7,10-12H,3-5,8-9H2,1-2H3. The number of anilines is 1. The van der Waals surface area contributed by atoms with E-state index >= 15 is 0 Å². The fraction of sp³-hybridized carbons (Fsp3) is 0.368. The molecule has 0 bridgehead atoms. The molecule has 0 atom stereocenters. The molecule has 1 aliphatic rings. The molecule has 0 saturated carbocycles. The molecule has 4 heteroatoms. The molecule has 2 aromatic heterocycles. The number of fused-ring (bicyclic) bond motifs is 1. The van der Waals surface area contributed by atoms with Gasteiger partial charge in [0.05, 0.1) is 0 Å². The van der Waals surface area contributed by atoms with Crippen LogP contribution in [-0.4, -0.2) is 22.4 Å². The number of piperidine rings is 1. The van der Waals surface area contributed by atoms with Gasteiger partial charge in [0.15, 0.2) is 0 Å². The molecule has 4 rings (SSSR count). The summed E-state index contributed by atoms with van der Waals surface area (Å²) in [5.41, 5.74) is 7.08. The molecule has 1 saturated heterocycles. The number of hydrogen-bond acceptors (Lipinski definition) is 4. The van der Waals surface area contributed by atoms with Gasteiger partial charge < -0.3 is 4.90 Å². The maximum Gasteiger partial charge on any atom is 0.138 e. The second-order valence-electron chi connectivity index (χ2n) is 6.43. The maximum atomic E-state index is 4.75. The molecule has 1 fully saturated rings. The third-order valence-electron chi connectivity index (χ3n) is 4.78. The Morgan fingerprint density at radius 1 is 0.957 bits per heavy atom. The second kappa shape index (κ2) is 5.93. The van der Waals surface area contributed by atoms with Crippen molar-refractivity contribution in [3.05, 3.63) is 41.6 Å². The summed E-state index contributed by atoms with van der Waals surface area (Å²) in [5, 5.41) is 1.24. The van der Waals surface area contributed by atoms with Gasteiger partial charge in [0.1, 0.15) is 16.0 Å². The van der Waals surface area contributed by atoms with Crippen molar-refractivity contribution in [2.45, 2.75) is 33.1 Å². The maximum absolute atomic E-state index is 4.75. The molecule has 3 nitrogen and oxygen atoms in total. The molecule has 0 spiro atoms. The van der Waals surface area contributed by atoms with E-state index in [1.807, 2.05) is 6.20 Å². The van der Waals surface area contributed by atoms with Gasteiger partial charge in [-0.1, -0.05) is 18.2 Å². The van der Waals surface area contributed by atoms with Crippen LogP contribution >= 0.6 is 11.5 Å². The molecular formula is C19H21N3S. The number of hydrogen-bond donors (Lipinski definition) is 0. The van der Waals surface area contributed by atoms with Gasteiger partial charge in [-0.25, -0.2) is 0 Å². The molecular weight excluding hydrogens is 302 g/mol. The highest BCUT2D eigenvalue weighted by molar-refractivity contribution is 7.11. The van der Waals surface area contributed by atoms with Crippen molar-refractivity contribution in [1.82, 2.24) is 9.36 Å². The Balaban J connectivity index is 1.72. The quantitative estimate of drug-likeness (QED) is 0.667. The lowest BCUT2D eigenvalue weighted by Crippen LogP contribution is -2.28. The van der Waals surface area contributed by atoms with Gasteiger partial charge >= 0.3 is 0 Å². The number of aryl methyl sites for hydroxylation is 2. The molecule has 0 unspecified atom stereocenters. The van der Waals surface area contributed by atoms with Crippen LogP contribution in [0.2, 0.25) is 0 Å². The summed E-state index contributed by atoms with van der Waals surface area (Å²) in [6, 6.07) is 8.75. The average molecular weight is 323 g/mol. The van der Waals surface area contributed by atoms with Crippen LogP contribution in [0.3, 0.4) is 0 Å². The Morgan fingerprint density at radius 2 is 1.78 bits per heavy atom. The fourth-order valence-electron chi connectivity index (χ4n) is 3.21. The Hall–Kier alpha value is -1.94. The van der Waals surface area contributed by atoms with E-state index in [1.54, 1.807) is 11.5 Å². The third-order valence-corrected chi connectivity index (χ3v) is 5.70. The predicted octanol–water partition coefficient (Wildman–Crippen LogP) is 4.97. The zero-order valence-electron chi connectivity index (χ0n) is 13.7. The fourth-order valence-corrected chi connectivity index (χ4v) is 4.07. The zero-order valence-corrected chi connectivity index (χ0v) is 14.5. The first-order valence-electron chi connectivity index (χ1n) is 8.30. The Morgan fingerprint density at radius 3 is 2.57 bits per heavy atom. The van der Waals surface area contributed by atoms with E-state index in [-0.39, 0.29) is 0 Å². The molecule has 1 aliphatic heterocycles. The second-order valence-corrected chi connectivity index (χ2v) is 7.18. The minimum absolute atomic E-state index is 1.02. The number of nitrogens with zero attached hydrogens (tertiary/aromatic N) is 3. The van der Waals surface area contributed by atoms with E-state index < -0.39 is 0 Å². The molecule has 3 aromatic rings. The van der Waals surface area contributed by atoms with Gasteiger partial charge in [-0.3, -0.25) is 4.98 Å². The monoisotopic (exact) mass is 323 g/mol. The van der Waals surface area contributed by atoms with Crippen LogP contribution in [0.15, 0.2) is 30.5 Å². The van der Waals surface area contributed by atoms with E-state index in [2.05, 4.69) is 47.4 Å². The average Bonchev–Trinajstić information content (AvgIpc) is 3.01. The zero-order chi connectivity index (χ0) is 15.8. The van der Waals surface area contributed by atoms with Crippen molar-refractivity contribution < 1.29 is 0 Å². The Labute approximate surface area is 141 Å². The van der Waals surface area contributed by atoms with E-state index in [1.165, 1.54) is 41.0 Å². The number of aromatic nitrogens is 2. The lowest BCUT2D eigenvalue weighted by Gasteiger charge is -2.26. The first-order chi connectivity index (χ1) is 11.2. The van der Waals surface area contributed by atoms with Crippen molar-refractivity contribution in [3.63, 3.8) is 0 Å². The summed E-state index contributed by atoms with van der Waals surface area (Å²) in [5.74, 6) is 0. The third kappa shape index (κ3) is 2.72. The molecule has 0 radical (unpaired) electrons. The predicted molar refractivity (Wildman–Crippen MR) is 98.4 cm³/mol. The van der Waals surface area contributed by atoms with Crippen molar-refractivity contribution >= 4 is 27.6 Å². The summed E-state index contributed by atoms with van der Waals surface area (Å²) in [7, 11) is 0. The topological polar surface area (TPSA) is 29.0 Å². The van der Waals surface area contributed by atoms with E-state index in [0.717, 1.165) is 29.7 Å². The van der Waals surface area contributed by atoms with Gasteiger partial charge in [0.25, 0.3) is 0 Å². The van der Waals surface area contributed by atoms with E-state index in [0.29, 0.717) is 0 Å². The van der Waals surface area contributed by atoms with Gasteiger partial charge in [0.2, 0.25) is 0 Å². The van der Waals surface area contributed by atoms with E-state index in [9.17, 15) is 0 Å². The van der Waals surface area contributed by atoms with E-state index in [4.69, 9.17) is 4.98 Å². The highest BCUT2D eigenvalue weighted by Crippen LogP contribution is 2.33. The summed E-state index contributed by atoms with van der Waals surface area (Å²) >= 11 is 1.59. The Bertz CT molecular complexity index is 847. The lowest BCUT2D eigenvalue weighted by molar-refractivity contribution is 0.581. The summed E-state index contributed by atoms with van der Waals surface area (Å²) in [4.78, 5) is 7.20. The summed E-state index contributed by atoms with van der Waals surface area (Å²) < 4.78 is 4.66. The first kappa shape index (κ1) is 14.6. The highest BCUT2D eigenvalue weighted by Gasteiger charge is 2.17. The summed E-state index contributed by atoms with van der Waals surface area (Å²) in [6.45, 7) is 6.57. The van der Waals surface area contributed by atoms with Crippen LogP contribution in [0.25, 0.3) is 22.2 Å². The molecule has 118 valence electrons. The molecule has 0 amide bonds. The van der Waals surface area contributed by atoms with Gasteiger partial charge in [-0.05, 0) is 67.4 Å². The highest BCUT2D eigenvalue weighted by atomic mass is 32.1. The van der Waals surface area contributed by atoms with Crippen molar-refractivity contribution in [2.24, 2.45) is 0 Å². The number of pyridine rings is 1. The number of benzene rings is 1. The van der Waals surface area contributed by atoms with Crippen molar-refractivity contribution in [2.75, 3.05) is 18.0 Å². The largest absolute Gasteiger partial charge is 0.360 e. The van der Waals surface area contributed by atoms with Gasteiger partial charge in [-0.15, -0.1) is 0 Å².